The van der Waals surface area contributed by atoms with Crippen molar-refractivity contribution in [3.8, 4) is 0 Å². The van der Waals surface area contributed by atoms with Gasteiger partial charge < -0.3 is 5.73 Å². The zero-order valence-corrected chi connectivity index (χ0v) is 12.2. The van der Waals surface area contributed by atoms with Crippen LogP contribution in [-0.4, -0.2) is 11.8 Å². The highest BCUT2D eigenvalue weighted by Gasteiger charge is 2.20. The van der Waals surface area contributed by atoms with Crippen LogP contribution in [0.15, 0.2) is 24.3 Å². The van der Waals surface area contributed by atoms with Gasteiger partial charge in [0.1, 0.15) is 0 Å². The van der Waals surface area contributed by atoms with E-state index in [1.54, 1.807) is 0 Å². The fourth-order valence-corrected chi connectivity index (χ4v) is 3.98. The quantitative estimate of drug-likeness (QED) is 0.864. The first-order valence-corrected chi connectivity index (χ1v) is 8.30. The van der Waals surface area contributed by atoms with Crippen LogP contribution in [0, 0.1) is 12.8 Å². The fourth-order valence-electron chi connectivity index (χ4n) is 2.78. The molecule has 1 unspecified atom stereocenters. The molecule has 1 aliphatic rings. The summed E-state index contributed by atoms with van der Waals surface area (Å²) in [6.07, 6.45) is 6.90. The summed E-state index contributed by atoms with van der Waals surface area (Å²) < 4.78 is 0. The van der Waals surface area contributed by atoms with Crippen molar-refractivity contribution >= 4 is 11.8 Å². The number of benzene rings is 1. The Kier molecular flexibility index (Phi) is 5.58. The van der Waals surface area contributed by atoms with Gasteiger partial charge >= 0.3 is 0 Å². The van der Waals surface area contributed by atoms with Gasteiger partial charge in [-0.1, -0.05) is 43.5 Å². The Morgan fingerprint density at radius 3 is 2.67 bits per heavy atom. The van der Waals surface area contributed by atoms with Crippen molar-refractivity contribution in [2.24, 2.45) is 11.7 Å². The molecule has 0 saturated heterocycles. The number of hydrogen-bond acceptors (Lipinski definition) is 2. The van der Waals surface area contributed by atoms with Gasteiger partial charge in [0, 0.05) is 17.5 Å². The molecule has 0 aliphatic heterocycles. The monoisotopic (exact) mass is 263 g/mol. The van der Waals surface area contributed by atoms with Gasteiger partial charge in [0.05, 0.1) is 0 Å². The molecular formula is C16H25NS. The summed E-state index contributed by atoms with van der Waals surface area (Å²) in [4.78, 5) is 0. The number of rotatable bonds is 5. The molecule has 0 aromatic heterocycles. The van der Waals surface area contributed by atoms with E-state index < -0.39 is 0 Å². The van der Waals surface area contributed by atoms with E-state index in [0.29, 0.717) is 6.04 Å². The average molecular weight is 263 g/mol. The molecule has 0 heterocycles. The Labute approximate surface area is 116 Å². The molecule has 2 rings (SSSR count). The molecule has 100 valence electrons. The van der Waals surface area contributed by atoms with Gasteiger partial charge in [-0.2, -0.15) is 11.8 Å². The lowest BCUT2D eigenvalue weighted by atomic mass is 9.85. The van der Waals surface area contributed by atoms with Crippen LogP contribution in [0.4, 0.5) is 0 Å². The first-order chi connectivity index (χ1) is 8.77. The van der Waals surface area contributed by atoms with Gasteiger partial charge in [-0.05, 0) is 36.8 Å². The summed E-state index contributed by atoms with van der Waals surface area (Å²) in [7, 11) is 0. The smallest absolute Gasteiger partial charge is 0.0187 e. The molecule has 1 aromatic carbocycles. The van der Waals surface area contributed by atoms with E-state index in [1.165, 1.54) is 43.2 Å². The SMILES string of the molecule is Cc1ccccc1CSCC(N)C1CCCCC1. The Morgan fingerprint density at radius 2 is 1.94 bits per heavy atom. The molecule has 2 heteroatoms. The Morgan fingerprint density at radius 1 is 1.22 bits per heavy atom. The summed E-state index contributed by atoms with van der Waals surface area (Å²) in [6.45, 7) is 2.19. The van der Waals surface area contributed by atoms with Crippen molar-refractivity contribution in [1.29, 1.82) is 0 Å². The Bertz CT molecular complexity index is 358. The lowest BCUT2D eigenvalue weighted by Crippen LogP contribution is -2.33. The molecule has 1 aromatic rings. The van der Waals surface area contributed by atoms with Gasteiger partial charge in [-0.25, -0.2) is 0 Å². The molecule has 1 fully saturated rings. The van der Waals surface area contributed by atoms with E-state index in [9.17, 15) is 0 Å². The van der Waals surface area contributed by atoms with Crippen LogP contribution in [0.3, 0.4) is 0 Å². The fraction of sp³-hybridized carbons (Fsp3) is 0.625. The first kappa shape index (κ1) is 14.0. The summed E-state index contributed by atoms with van der Waals surface area (Å²) >= 11 is 2.00. The third kappa shape index (κ3) is 4.03. The third-order valence-electron chi connectivity index (χ3n) is 4.08. The number of hydrogen-bond donors (Lipinski definition) is 1. The van der Waals surface area contributed by atoms with E-state index in [-0.39, 0.29) is 0 Å². The van der Waals surface area contributed by atoms with Gasteiger partial charge in [-0.15, -0.1) is 0 Å². The summed E-state index contributed by atoms with van der Waals surface area (Å²) in [5.41, 5.74) is 9.19. The minimum atomic E-state index is 0.402. The largest absolute Gasteiger partial charge is 0.327 e. The molecule has 0 spiro atoms. The standard InChI is InChI=1S/C16H25NS/c1-13-7-5-6-10-15(13)11-18-12-16(17)14-8-3-2-4-9-14/h5-7,10,14,16H,2-4,8-9,11-12,17H2,1H3. The highest BCUT2D eigenvalue weighted by molar-refractivity contribution is 7.98. The van der Waals surface area contributed by atoms with E-state index in [4.69, 9.17) is 5.73 Å². The molecule has 1 nitrogen and oxygen atoms in total. The molecule has 1 atom stereocenters. The van der Waals surface area contributed by atoms with Crippen molar-refractivity contribution in [2.45, 2.75) is 50.8 Å². The number of aryl methyl sites for hydroxylation is 1. The summed E-state index contributed by atoms with van der Waals surface area (Å²) in [5, 5.41) is 0. The van der Waals surface area contributed by atoms with Crippen LogP contribution in [0.1, 0.15) is 43.2 Å². The second-order valence-electron chi connectivity index (χ2n) is 5.50. The van der Waals surface area contributed by atoms with Crippen molar-refractivity contribution in [2.75, 3.05) is 5.75 Å². The van der Waals surface area contributed by atoms with E-state index >= 15 is 0 Å². The maximum Gasteiger partial charge on any atom is 0.0187 e. The second-order valence-corrected chi connectivity index (χ2v) is 6.53. The van der Waals surface area contributed by atoms with Crippen LogP contribution in [0.2, 0.25) is 0 Å². The van der Waals surface area contributed by atoms with Crippen LogP contribution >= 0.6 is 11.8 Å². The zero-order chi connectivity index (χ0) is 12.8. The lowest BCUT2D eigenvalue weighted by Gasteiger charge is -2.27. The van der Waals surface area contributed by atoms with Crippen molar-refractivity contribution in [3.63, 3.8) is 0 Å². The van der Waals surface area contributed by atoms with Crippen molar-refractivity contribution in [3.05, 3.63) is 35.4 Å². The predicted octanol–water partition coefficient (Wildman–Crippen LogP) is 4.14. The molecule has 0 amide bonds. The molecule has 2 N–H and O–H groups in total. The maximum absolute atomic E-state index is 6.33. The van der Waals surface area contributed by atoms with Crippen LogP contribution in [0.25, 0.3) is 0 Å². The van der Waals surface area contributed by atoms with E-state index in [2.05, 4.69) is 31.2 Å². The highest BCUT2D eigenvalue weighted by Crippen LogP contribution is 2.27. The first-order valence-electron chi connectivity index (χ1n) is 7.15. The normalized spacial score (nSPS) is 18.8. The van der Waals surface area contributed by atoms with Crippen LogP contribution in [-0.2, 0) is 5.75 Å². The van der Waals surface area contributed by atoms with Crippen molar-refractivity contribution in [1.82, 2.24) is 0 Å². The summed E-state index contributed by atoms with van der Waals surface area (Å²) in [5.74, 6) is 3.00. The molecule has 1 aliphatic carbocycles. The average Bonchev–Trinajstić information content (AvgIpc) is 2.42. The Hall–Kier alpha value is -0.470. The zero-order valence-electron chi connectivity index (χ0n) is 11.4. The molecular weight excluding hydrogens is 238 g/mol. The Balaban J connectivity index is 1.73. The minimum absolute atomic E-state index is 0.402. The van der Waals surface area contributed by atoms with Gasteiger partial charge in [0.15, 0.2) is 0 Å². The summed E-state index contributed by atoms with van der Waals surface area (Å²) in [6, 6.07) is 9.06. The lowest BCUT2D eigenvalue weighted by molar-refractivity contribution is 0.319. The minimum Gasteiger partial charge on any atom is -0.327 e. The second kappa shape index (κ2) is 7.20. The van der Waals surface area contributed by atoms with Gasteiger partial charge in [0.2, 0.25) is 0 Å². The molecule has 0 radical (unpaired) electrons. The third-order valence-corrected chi connectivity index (χ3v) is 5.22. The van der Waals surface area contributed by atoms with Crippen molar-refractivity contribution < 1.29 is 0 Å². The number of nitrogens with two attached hydrogens (primary N) is 1. The predicted molar refractivity (Wildman–Crippen MR) is 81.9 cm³/mol. The maximum atomic E-state index is 6.33. The van der Waals surface area contributed by atoms with Crippen LogP contribution in [0.5, 0.6) is 0 Å². The highest BCUT2D eigenvalue weighted by atomic mass is 32.2. The van der Waals surface area contributed by atoms with Gasteiger partial charge in [0.25, 0.3) is 0 Å². The molecule has 18 heavy (non-hydrogen) atoms. The van der Waals surface area contributed by atoms with Gasteiger partial charge in [-0.3, -0.25) is 0 Å². The van der Waals surface area contributed by atoms with Crippen LogP contribution < -0.4 is 5.73 Å². The van der Waals surface area contributed by atoms with E-state index in [1.807, 2.05) is 11.8 Å². The molecule has 1 saturated carbocycles. The topological polar surface area (TPSA) is 26.0 Å². The van der Waals surface area contributed by atoms with E-state index in [0.717, 1.165) is 17.4 Å². The number of thioether (sulfide) groups is 1. The molecule has 0 bridgehead atoms.